The van der Waals surface area contributed by atoms with Crippen LogP contribution in [0, 0.1) is 12.3 Å². The van der Waals surface area contributed by atoms with E-state index in [9.17, 15) is 0 Å². The van der Waals surface area contributed by atoms with E-state index in [4.69, 9.17) is 0 Å². The van der Waals surface area contributed by atoms with Crippen LogP contribution in [0.1, 0.15) is 13.8 Å². The summed E-state index contributed by atoms with van der Waals surface area (Å²) >= 11 is 0. The molecule has 0 amide bonds. The smallest absolute Gasteiger partial charge is 0.0107 e. The van der Waals surface area contributed by atoms with Gasteiger partial charge < -0.3 is 10.2 Å². The van der Waals surface area contributed by atoms with E-state index in [1.165, 1.54) is 19.6 Å². The van der Waals surface area contributed by atoms with Crippen molar-refractivity contribution in [2.75, 3.05) is 32.7 Å². The summed E-state index contributed by atoms with van der Waals surface area (Å²) in [6.45, 7) is 10.4. The zero-order valence-corrected chi connectivity index (χ0v) is 7.64. The summed E-state index contributed by atoms with van der Waals surface area (Å²) in [6.07, 6.45) is 2.38. The predicted octanol–water partition coefficient (Wildman–Crippen LogP) is 0.752. The van der Waals surface area contributed by atoms with Crippen molar-refractivity contribution < 1.29 is 0 Å². The molecule has 0 aromatic rings. The van der Waals surface area contributed by atoms with Crippen LogP contribution in [0.15, 0.2) is 0 Å². The lowest BCUT2D eigenvalue weighted by molar-refractivity contribution is 0.252. The molecule has 2 nitrogen and oxygen atoms in total. The molecule has 0 bridgehead atoms. The zero-order chi connectivity index (χ0) is 8.10. The monoisotopic (exact) mass is 155 g/mol. The van der Waals surface area contributed by atoms with Crippen LogP contribution in [0.3, 0.4) is 0 Å². The van der Waals surface area contributed by atoms with Gasteiger partial charge in [-0.15, -0.1) is 0 Å². The standard InChI is InChI=1S/C9H19N2/c1-9(2)3-6-11-7-4-10-5-8-11/h3,9-10H,4-8H2,1-2H3. The highest BCUT2D eigenvalue weighted by Gasteiger charge is 2.08. The average Bonchev–Trinajstić information content (AvgIpc) is 2.03. The Morgan fingerprint density at radius 2 is 2.00 bits per heavy atom. The van der Waals surface area contributed by atoms with Crippen molar-refractivity contribution in [3.05, 3.63) is 6.42 Å². The lowest BCUT2D eigenvalue weighted by Gasteiger charge is -2.27. The maximum atomic E-state index is 3.35. The van der Waals surface area contributed by atoms with E-state index in [0.29, 0.717) is 0 Å². The third-order valence-electron chi connectivity index (χ3n) is 2.04. The quantitative estimate of drug-likeness (QED) is 0.647. The Balaban J connectivity index is 2.05. The summed E-state index contributed by atoms with van der Waals surface area (Å²) < 4.78 is 0. The van der Waals surface area contributed by atoms with Gasteiger partial charge in [0.05, 0.1) is 0 Å². The highest BCUT2D eigenvalue weighted by atomic mass is 15.2. The normalized spacial score (nSPS) is 21.0. The molecule has 0 aromatic carbocycles. The van der Waals surface area contributed by atoms with E-state index in [1.807, 2.05) is 0 Å². The van der Waals surface area contributed by atoms with Crippen molar-refractivity contribution in [3.63, 3.8) is 0 Å². The summed E-state index contributed by atoms with van der Waals surface area (Å²) in [7, 11) is 0. The van der Waals surface area contributed by atoms with Crippen LogP contribution in [0.4, 0.5) is 0 Å². The fourth-order valence-electron chi connectivity index (χ4n) is 1.25. The fourth-order valence-corrected chi connectivity index (χ4v) is 1.25. The number of nitrogens with zero attached hydrogens (tertiary/aromatic N) is 1. The largest absolute Gasteiger partial charge is 0.314 e. The second-order valence-electron chi connectivity index (χ2n) is 3.53. The molecule has 1 aliphatic heterocycles. The van der Waals surface area contributed by atoms with Gasteiger partial charge in [0, 0.05) is 32.7 Å². The molecule has 0 aliphatic carbocycles. The molecule has 65 valence electrons. The second-order valence-corrected chi connectivity index (χ2v) is 3.53. The van der Waals surface area contributed by atoms with Gasteiger partial charge >= 0.3 is 0 Å². The van der Waals surface area contributed by atoms with Crippen molar-refractivity contribution >= 4 is 0 Å². The Bertz CT molecular complexity index is 95.7. The van der Waals surface area contributed by atoms with Crippen LogP contribution >= 0.6 is 0 Å². The van der Waals surface area contributed by atoms with Gasteiger partial charge in [-0.25, -0.2) is 0 Å². The highest BCUT2D eigenvalue weighted by molar-refractivity contribution is 4.77. The first kappa shape index (κ1) is 9.01. The third kappa shape index (κ3) is 3.73. The Morgan fingerprint density at radius 1 is 1.36 bits per heavy atom. The molecular weight excluding hydrogens is 136 g/mol. The van der Waals surface area contributed by atoms with E-state index in [2.05, 4.69) is 30.5 Å². The summed E-state index contributed by atoms with van der Waals surface area (Å²) in [5.74, 6) is 0.727. The van der Waals surface area contributed by atoms with Crippen LogP contribution in [0.2, 0.25) is 0 Å². The van der Waals surface area contributed by atoms with Gasteiger partial charge in [0.15, 0.2) is 0 Å². The van der Waals surface area contributed by atoms with Crippen LogP contribution in [0.5, 0.6) is 0 Å². The van der Waals surface area contributed by atoms with Gasteiger partial charge in [0.2, 0.25) is 0 Å². The van der Waals surface area contributed by atoms with Crippen molar-refractivity contribution in [2.24, 2.45) is 5.92 Å². The SMILES string of the molecule is CC(C)[CH]CN1CCNCC1. The number of piperazine rings is 1. The van der Waals surface area contributed by atoms with Gasteiger partial charge in [-0.05, 0) is 12.3 Å². The van der Waals surface area contributed by atoms with Crippen molar-refractivity contribution in [3.8, 4) is 0 Å². The molecule has 1 radical (unpaired) electrons. The minimum absolute atomic E-state index is 0.727. The summed E-state index contributed by atoms with van der Waals surface area (Å²) in [4.78, 5) is 2.50. The molecule has 1 fully saturated rings. The maximum absolute atomic E-state index is 3.35. The van der Waals surface area contributed by atoms with E-state index in [0.717, 1.165) is 19.0 Å². The Kier molecular flexibility index (Phi) is 3.87. The molecule has 0 atom stereocenters. The minimum Gasteiger partial charge on any atom is -0.314 e. The molecular formula is C9H19N2. The van der Waals surface area contributed by atoms with Gasteiger partial charge in [0.1, 0.15) is 0 Å². The summed E-state index contributed by atoms with van der Waals surface area (Å²) in [5, 5.41) is 3.35. The highest BCUT2D eigenvalue weighted by Crippen LogP contribution is 2.01. The fraction of sp³-hybridized carbons (Fsp3) is 0.889. The second kappa shape index (κ2) is 4.73. The minimum atomic E-state index is 0.727. The van der Waals surface area contributed by atoms with Gasteiger partial charge in [-0.2, -0.15) is 0 Å². The predicted molar refractivity (Wildman–Crippen MR) is 48.4 cm³/mol. The van der Waals surface area contributed by atoms with Crippen molar-refractivity contribution in [2.45, 2.75) is 13.8 Å². The molecule has 1 aliphatic rings. The molecule has 11 heavy (non-hydrogen) atoms. The lowest BCUT2D eigenvalue weighted by Crippen LogP contribution is -2.44. The number of nitrogens with one attached hydrogen (secondary N) is 1. The molecule has 1 saturated heterocycles. The molecule has 0 unspecified atom stereocenters. The van der Waals surface area contributed by atoms with Crippen LogP contribution in [-0.4, -0.2) is 37.6 Å². The Morgan fingerprint density at radius 3 is 2.55 bits per heavy atom. The first-order chi connectivity index (χ1) is 5.29. The maximum Gasteiger partial charge on any atom is 0.0107 e. The Labute approximate surface area is 70.0 Å². The number of hydrogen-bond donors (Lipinski definition) is 1. The zero-order valence-electron chi connectivity index (χ0n) is 7.64. The summed E-state index contributed by atoms with van der Waals surface area (Å²) in [6, 6.07) is 0. The lowest BCUT2D eigenvalue weighted by atomic mass is 10.1. The van der Waals surface area contributed by atoms with Crippen molar-refractivity contribution in [1.29, 1.82) is 0 Å². The van der Waals surface area contributed by atoms with Gasteiger partial charge in [-0.1, -0.05) is 13.8 Å². The van der Waals surface area contributed by atoms with Gasteiger partial charge in [-0.3, -0.25) is 0 Å². The van der Waals surface area contributed by atoms with Crippen LogP contribution in [-0.2, 0) is 0 Å². The van der Waals surface area contributed by atoms with E-state index in [-0.39, 0.29) is 0 Å². The Hall–Kier alpha value is -0.0800. The summed E-state index contributed by atoms with van der Waals surface area (Å²) in [5.41, 5.74) is 0. The molecule has 1 heterocycles. The number of rotatable bonds is 3. The average molecular weight is 155 g/mol. The molecule has 1 rings (SSSR count). The van der Waals surface area contributed by atoms with Crippen LogP contribution < -0.4 is 5.32 Å². The van der Waals surface area contributed by atoms with Crippen molar-refractivity contribution in [1.82, 2.24) is 10.2 Å². The molecule has 0 aromatic heterocycles. The molecule has 2 heteroatoms. The first-order valence-electron chi connectivity index (χ1n) is 4.55. The molecule has 0 spiro atoms. The van der Waals surface area contributed by atoms with E-state index in [1.54, 1.807) is 0 Å². The topological polar surface area (TPSA) is 15.3 Å². The van der Waals surface area contributed by atoms with E-state index >= 15 is 0 Å². The number of hydrogen-bond acceptors (Lipinski definition) is 2. The molecule has 1 N–H and O–H groups in total. The third-order valence-corrected chi connectivity index (χ3v) is 2.04. The first-order valence-corrected chi connectivity index (χ1v) is 4.55. The van der Waals surface area contributed by atoms with Gasteiger partial charge in [0.25, 0.3) is 0 Å². The van der Waals surface area contributed by atoms with Crippen LogP contribution in [0.25, 0.3) is 0 Å². The molecule has 0 saturated carbocycles. The van der Waals surface area contributed by atoms with E-state index < -0.39 is 0 Å².